The monoisotopic (exact) mass is 342 g/mol. The van der Waals surface area contributed by atoms with Gasteiger partial charge in [0, 0.05) is 6.20 Å². The second-order valence-corrected chi connectivity index (χ2v) is 5.75. The fraction of sp³-hybridized carbons (Fsp3) is 0.125. The number of nitrogens with zero attached hydrogens (tertiary/aromatic N) is 3. The number of methoxy groups -OCH3 is 1. The molecule has 2 heterocycles. The second kappa shape index (κ2) is 6.63. The number of carbonyl (C=O) groups is 1. The molecule has 0 fully saturated rings. The summed E-state index contributed by atoms with van der Waals surface area (Å²) in [4.78, 5) is 25.3. The second-order valence-electron chi connectivity index (χ2n) is 4.92. The highest BCUT2D eigenvalue weighted by Gasteiger charge is 2.18. The summed E-state index contributed by atoms with van der Waals surface area (Å²) in [6, 6.07) is 8.82. The fourth-order valence-corrected chi connectivity index (χ4v) is 2.75. The Morgan fingerprint density at radius 2 is 2.08 bits per heavy atom. The minimum atomic E-state index is -0.515. The third-order valence-corrected chi connectivity index (χ3v) is 4.06. The summed E-state index contributed by atoms with van der Waals surface area (Å²) in [6.07, 6.45) is 1.62. The molecule has 7 nitrogen and oxygen atoms in total. The Bertz CT molecular complexity index is 935. The van der Waals surface area contributed by atoms with Gasteiger partial charge in [0.15, 0.2) is 0 Å². The predicted molar refractivity (Wildman–Crippen MR) is 91.2 cm³/mol. The maximum atomic E-state index is 12.8. The fourth-order valence-electron chi connectivity index (χ4n) is 2.31. The molecule has 0 unspecified atom stereocenters. The average Bonchev–Trinajstić information content (AvgIpc) is 3.08. The number of aromatic nitrogens is 3. The number of nitrogens with one attached hydrogen (secondary N) is 1. The van der Waals surface area contributed by atoms with Crippen LogP contribution in [0.4, 0.5) is 5.13 Å². The maximum absolute atomic E-state index is 12.8. The topological polar surface area (TPSA) is 86.1 Å². The number of benzene rings is 1. The number of anilines is 1. The third kappa shape index (κ3) is 2.91. The molecule has 0 spiro atoms. The van der Waals surface area contributed by atoms with Gasteiger partial charge in [-0.1, -0.05) is 23.5 Å². The molecule has 1 N–H and O–H groups in total. The Morgan fingerprint density at radius 3 is 2.79 bits per heavy atom. The molecule has 0 aliphatic carbocycles. The molecular weight excluding hydrogens is 328 g/mol. The van der Waals surface area contributed by atoms with Crippen LogP contribution < -0.4 is 15.6 Å². The number of rotatable bonds is 4. The zero-order chi connectivity index (χ0) is 17.1. The molecule has 8 heteroatoms. The maximum Gasteiger partial charge on any atom is 0.268 e. The first-order valence-corrected chi connectivity index (χ1v) is 7.93. The summed E-state index contributed by atoms with van der Waals surface area (Å²) >= 11 is 1.18. The Morgan fingerprint density at radius 1 is 1.29 bits per heavy atom. The third-order valence-electron chi connectivity index (χ3n) is 3.45. The highest BCUT2D eigenvalue weighted by Crippen LogP contribution is 2.21. The van der Waals surface area contributed by atoms with E-state index < -0.39 is 11.5 Å². The molecule has 1 amide bonds. The number of pyridine rings is 1. The molecule has 0 aliphatic heterocycles. The Labute approximate surface area is 141 Å². The first-order valence-electron chi connectivity index (χ1n) is 7.05. The van der Waals surface area contributed by atoms with Crippen molar-refractivity contribution in [1.29, 1.82) is 0 Å². The molecule has 0 radical (unpaired) electrons. The highest BCUT2D eigenvalue weighted by molar-refractivity contribution is 7.13. The summed E-state index contributed by atoms with van der Waals surface area (Å²) < 4.78 is 6.68. The van der Waals surface area contributed by atoms with E-state index in [2.05, 4.69) is 15.5 Å². The summed E-state index contributed by atoms with van der Waals surface area (Å²) in [5.41, 5.74) is 2.27. The van der Waals surface area contributed by atoms with Crippen LogP contribution in [0.25, 0.3) is 5.69 Å². The van der Waals surface area contributed by atoms with E-state index in [0.717, 1.165) is 0 Å². The molecule has 0 aliphatic rings. The number of carbonyl (C=O) groups excluding carboxylic acids is 1. The lowest BCUT2D eigenvalue weighted by Crippen LogP contribution is -2.29. The number of hydrogen-bond donors (Lipinski definition) is 1. The van der Waals surface area contributed by atoms with Crippen LogP contribution in [0.1, 0.15) is 15.9 Å². The van der Waals surface area contributed by atoms with Gasteiger partial charge in [0.1, 0.15) is 16.8 Å². The van der Waals surface area contributed by atoms with Crippen molar-refractivity contribution in [2.75, 3.05) is 12.4 Å². The number of para-hydroxylation sites is 2. The van der Waals surface area contributed by atoms with E-state index in [1.807, 2.05) is 6.07 Å². The molecular formula is C16H14N4O3S. The number of aryl methyl sites for hydroxylation is 1. The molecule has 1 aromatic carbocycles. The first kappa shape index (κ1) is 15.9. The van der Waals surface area contributed by atoms with Gasteiger partial charge in [-0.3, -0.25) is 19.5 Å². The first-order chi connectivity index (χ1) is 11.6. The lowest BCUT2D eigenvalue weighted by molar-refractivity contribution is 0.102. The van der Waals surface area contributed by atoms with Crippen molar-refractivity contribution in [2.24, 2.45) is 0 Å². The predicted octanol–water partition coefficient (Wildman–Crippen LogP) is 2.26. The Hall–Kier alpha value is -3.00. The van der Waals surface area contributed by atoms with Crippen molar-refractivity contribution < 1.29 is 9.53 Å². The minimum Gasteiger partial charge on any atom is -0.495 e. The van der Waals surface area contributed by atoms with E-state index in [1.165, 1.54) is 28.5 Å². The lowest BCUT2D eigenvalue weighted by atomic mass is 10.1. The van der Waals surface area contributed by atoms with Gasteiger partial charge >= 0.3 is 0 Å². The van der Waals surface area contributed by atoms with Crippen molar-refractivity contribution in [3.8, 4) is 11.4 Å². The molecule has 0 saturated heterocycles. The SMILES string of the molecule is COc1ccccc1-n1ccc(C)c(C(=O)Nc2nncs2)c1=O. The van der Waals surface area contributed by atoms with Crippen molar-refractivity contribution in [2.45, 2.75) is 6.92 Å². The quantitative estimate of drug-likeness (QED) is 0.786. The van der Waals surface area contributed by atoms with Crippen molar-refractivity contribution in [1.82, 2.24) is 14.8 Å². The zero-order valence-electron chi connectivity index (χ0n) is 13.0. The van der Waals surface area contributed by atoms with Gasteiger partial charge in [0.2, 0.25) is 5.13 Å². The van der Waals surface area contributed by atoms with Gasteiger partial charge in [0.25, 0.3) is 11.5 Å². The van der Waals surface area contributed by atoms with E-state index in [4.69, 9.17) is 4.74 Å². The van der Waals surface area contributed by atoms with Gasteiger partial charge in [0.05, 0.1) is 12.8 Å². The smallest absolute Gasteiger partial charge is 0.268 e. The van der Waals surface area contributed by atoms with E-state index in [1.54, 1.807) is 37.4 Å². The largest absolute Gasteiger partial charge is 0.495 e. The van der Waals surface area contributed by atoms with Crippen molar-refractivity contribution in [3.05, 3.63) is 63.5 Å². The van der Waals surface area contributed by atoms with Gasteiger partial charge in [-0.05, 0) is 30.7 Å². The molecule has 0 bridgehead atoms. The van der Waals surface area contributed by atoms with Crippen molar-refractivity contribution in [3.63, 3.8) is 0 Å². The van der Waals surface area contributed by atoms with Gasteiger partial charge < -0.3 is 4.74 Å². The van der Waals surface area contributed by atoms with Crippen LogP contribution in [0.15, 0.2) is 46.8 Å². The van der Waals surface area contributed by atoms with Gasteiger partial charge in [-0.2, -0.15) is 0 Å². The van der Waals surface area contributed by atoms with E-state index >= 15 is 0 Å². The van der Waals surface area contributed by atoms with Crippen LogP contribution in [0.3, 0.4) is 0 Å². The Balaban J connectivity index is 2.08. The lowest BCUT2D eigenvalue weighted by Gasteiger charge is -2.13. The molecule has 24 heavy (non-hydrogen) atoms. The number of hydrogen-bond acceptors (Lipinski definition) is 6. The van der Waals surface area contributed by atoms with E-state index in [0.29, 0.717) is 22.1 Å². The van der Waals surface area contributed by atoms with Gasteiger partial charge in [-0.25, -0.2) is 0 Å². The zero-order valence-corrected chi connectivity index (χ0v) is 13.8. The van der Waals surface area contributed by atoms with Crippen molar-refractivity contribution >= 4 is 22.4 Å². The highest BCUT2D eigenvalue weighted by atomic mass is 32.1. The number of amides is 1. The normalized spacial score (nSPS) is 10.4. The molecule has 122 valence electrons. The molecule has 0 atom stereocenters. The van der Waals surface area contributed by atoms with Crippen LogP contribution in [0.2, 0.25) is 0 Å². The molecule has 0 saturated carbocycles. The summed E-state index contributed by atoms with van der Waals surface area (Å²) in [6.45, 7) is 1.71. The minimum absolute atomic E-state index is 0.0543. The number of ether oxygens (including phenoxy) is 1. The summed E-state index contributed by atoms with van der Waals surface area (Å²) in [5.74, 6) is 0.0254. The summed E-state index contributed by atoms with van der Waals surface area (Å²) in [5, 5.41) is 10.3. The van der Waals surface area contributed by atoms with Crippen LogP contribution in [-0.2, 0) is 0 Å². The average molecular weight is 342 g/mol. The van der Waals surface area contributed by atoms with Crippen LogP contribution in [0.5, 0.6) is 5.75 Å². The molecule has 2 aromatic heterocycles. The molecule has 3 rings (SSSR count). The molecule has 3 aromatic rings. The van der Waals surface area contributed by atoms with E-state index in [9.17, 15) is 9.59 Å². The summed E-state index contributed by atoms with van der Waals surface area (Å²) in [7, 11) is 1.53. The standard InChI is InChI=1S/C16H14N4O3S/c1-10-7-8-20(11-5-3-4-6-12(11)23-2)15(22)13(10)14(21)18-16-19-17-9-24-16/h3-9H,1-2H3,(H,18,19,21). The van der Waals surface area contributed by atoms with Crippen LogP contribution in [-0.4, -0.2) is 27.8 Å². The Kier molecular flexibility index (Phi) is 4.39. The van der Waals surface area contributed by atoms with Crippen LogP contribution >= 0.6 is 11.3 Å². The van der Waals surface area contributed by atoms with Gasteiger partial charge in [-0.15, -0.1) is 10.2 Å². The van der Waals surface area contributed by atoms with Crippen LogP contribution in [0, 0.1) is 6.92 Å². The van der Waals surface area contributed by atoms with E-state index in [-0.39, 0.29) is 5.56 Å².